The molecule has 0 N–H and O–H groups in total. The van der Waals surface area contributed by atoms with E-state index in [0.29, 0.717) is 31.1 Å². The van der Waals surface area contributed by atoms with E-state index in [2.05, 4.69) is 39.0 Å². The highest BCUT2D eigenvalue weighted by atomic mass is 16.2. The highest BCUT2D eigenvalue weighted by molar-refractivity contribution is 6.23. The average Bonchev–Trinajstić information content (AvgIpc) is 3.37. The number of β-lactam (4-membered cyclic amide) rings is 4. The molecule has 1 spiro atoms. The molecule has 6 heteroatoms. The molecule has 4 amide bonds. The second-order valence-electron chi connectivity index (χ2n) is 14.2. The van der Waals surface area contributed by atoms with Crippen LogP contribution >= 0.6 is 0 Å². The van der Waals surface area contributed by atoms with Crippen LogP contribution in [0.15, 0.2) is 23.8 Å². The number of imide groups is 2. The standard InChI is InChI=1S/C30H42N2O4/c1-28(2,3)17-22(21-12-8-11-19(21)15-18-9-7-10-18)31-24(33)23(25(31)34)20-13-14-30(16-20)26(35)32(27(30)36)29(4,5)6/h7,9,15,19-23H,8,10-14,16-17H2,1-6H3/b18-15-/t19?,20-,21?,22?/m1/s1. The summed E-state index contributed by atoms with van der Waals surface area (Å²) in [5.74, 6) is -0.621. The first-order chi connectivity index (χ1) is 16.7. The van der Waals surface area contributed by atoms with Crippen molar-refractivity contribution in [2.24, 2.45) is 34.5 Å². The summed E-state index contributed by atoms with van der Waals surface area (Å²) in [6, 6.07) is -0.0895. The highest BCUT2D eigenvalue weighted by Crippen LogP contribution is 2.56. The van der Waals surface area contributed by atoms with Gasteiger partial charge in [0.1, 0.15) is 11.3 Å². The summed E-state index contributed by atoms with van der Waals surface area (Å²) in [6.07, 6.45) is 13.2. The normalized spacial score (nSPS) is 32.4. The Morgan fingerprint density at radius 2 is 1.64 bits per heavy atom. The molecule has 0 aromatic rings. The van der Waals surface area contributed by atoms with E-state index in [1.54, 1.807) is 4.90 Å². The van der Waals surface area contributed by atoms with Gasteiger partial charge in [-0.05, 0) is 94.5 Å². The van der Waals surface area contributed by atoms with E-state index in [1.165, 1.54) is 10.5 Å². The molecule has 4 atom stereocenters. The summed E-state index contributed by atoms with van der Waals surface area (Å²) >= 11 is 0. The Morgan fingerprint density at radius 3 is 2.17 bits per heavy atom. The minimum Gasteiger partial charge on any atom is -0.278 e. The zero-order chi connectivity index (χ0) is 26.2. The first-order valence-electron chi connectivity index (χ1n) is 13.9. The second-order valence-corrected chi connectivity index (χ2v) is 14.2. The summed E-state index contributed by atoms with van der Waals surface area (Å²) in [7, 11) is 0. The van der Waals surface area contributed by atoms with Gasteiger partial charge < -0.3 is 0 Å². The Kier molecular flexibility index (Phi) is 5.92. The van der Waals surface area contributed by atoms with Gasteiger partial charge in [-0.3, -0.25) is 29.0 Å². The molecule has 2 saturated heterocycles. The van der Waals surface area contributed by atoms with Crippen molar-refractivity contribution >= 4 is 23.6 Å². The molecule has 2 aliphatic heterocycles. The maximum absolute atomic E-state index is 13.6. The largest absolute Gasteiger partial charge is 0.278 e. The summed E-state index contributed by atoms with van der Waals surface area (Å²) < 4.78 is 0. The van der Waals surface area contributed by atoms with Crippen LogP contribution in [0.25, 0.3) is 0 Å². The van der Waals surface area contributed by atoms with Gasteiger partial charge in [0.2, 0.25) is 23.6 Å². The van der Waals surface area contributed by atoms with Crippen LogP contribution in [-0.2, 0) is 19.2 Å². The van der Waals surface area contributed by atoms with E-state index in [4.69, 9.17) is 0 Å². The van der Waals surface area contributed by atoms with Gasteiger partial charge in [-0.25, -0.2) is 0 Å². The zero-order valence-corrected chi connectivity index (χ0v) is 22.8. The molecular formula is C30H42N2O4. The van der Waals surface area contributed by atoms with Crippen molar-refractivity contribution in [1.29, 1.82) is 0 Å². The lowest BCUT2D eigenvalue weighted by molar-refractivity contribution is -0.186. The van der Waals surface area contributed by atoms with Crippen molar-refractivity contribution < 1.29 is 19.2 Å². The third-order valence-corrected chi connectivity index (χ3v) is 9.31. The zero-order valence-electron chi connectivity index (χ0n) is 22.8. The first-order valence-corrected chi connectivity index (χ1v) is 13.9. The SMILES string of the molecule is CC(C)(C)CC(C1CCCC1/C=C1/C=CC1)N1C(=O)C([C@@H]2CCC3(C2)C(=O)N(C(C)(C)C)C3=O)C1=O. The number of hydrogen-bond donors (Lipinski definition) is 0. The van der Waals surface area contributed by atoms with E-state index in [1.807, 2.05) is 20.8 Å². The van der Waals surface area contributed by atoms with Crippen molar-refractivity contribution in [2.75, 3.05) is 0 Å². The lowest BCUT2D eigenvalue weighted by Gasteiger charge is -2.51. The Morgan fingerprint density at radius 1 is 1.00 bits per heavy atom. The number of carbonyl (C=O) groups excluding carboxylic acids is 4. The summed E-state index contributed by atoms with van der Waals surface area (Å²) in [4.78, 5) is 56.3. The number of carbonyl (C=O) groups is 4. The molecule has 36 heavy (non-hydrogen) atoms. The number of rotatable bonds is 5. The maximum atomic E-state index is 13.6. The Hall–Kier alpha value is -2.24. The monoisotopic (exact) mass is 494 g/mol. The minimum atomic E-state index is -1.01. The molecule has 3 aliphatic carbocycles. The van der Waals surface area contributed by atoms with E-state index < -0.39 is 16.9 Å². The van der Waals surface area contributed by atoms with Gasteiger partial charge in [0.15, 0.2) is 0 Å². The Balaban J connectivity index is 1.32. The molecule has 3 unspecified atom stereocenters. The smallest absolute Gasteiger partial charge is 0.245 e. The van der Waals surface area contributed by atoms with Crippen LogP contribution in [0, 0.1) is 34.5 Å². The molecule has 0 aromatic carbocycles. The minimum absolute atomic E-state index is 0.00836. The van der Waals surface area contributed by atoms with Gasteiger partial charge in [-0.2, -0.15) is 0 Å². The third-order valence-electron chi connectivity index (χ3n) is 9.31. The predicted octanol–water partition coefficient (Wildman–Crippen LogP) is 5.03. The molecule has 2 saturated carbocycles. The summed E-state index contributed by atoms with van der Waals surface area (Å²) in [5.41, 5.74) is -0.191. The van der Waals surface area contributed by atoms with Gasteiger partial charge in [0.05, 0.1) is 0 Å². The average molecular weight is 495 g/mol. The van der Waals surface area contributed by atoms with Crippen LogP contribution in [0.2, 0.25) is 0 Å². The lowest BCUT2D eigenvalue weighted by atomic mass is 9.70. The lowest BCUT2D eigenvalue weighted by Crippen LogP contribution is -2.70. The topological polar surface area (TPSA) is 74.8 Å². The first kappa shape index (κ1) is 25.4. The van der Waals surface area contributed by atoms with Crippen LogP contribution in [0.5, 0.6) is 0 Å². The fraction of sp³-hybridized carbons (Fsp3) is 0.733. The highest BCUT2D eigenvalue weighted by Gasteiger charge is 2.68. The summed E-state index contributed by atoms with van der Waals surface area (Å²) in [5, 5.41) is 0. The van der Waals surface area contributed by atoms with Crippen molar-refractivity contribution in [1.82, 2.24) is 9.80 Å². The fourth-order valence-corrected chi connectivity index (χ4v) is 7.52. The second kappa shape index (κ2) is 8.39. The Bertz CT molecular complexity index is 1020. The van der Waals surface area contributed by atoms with E-state index in [-0.39, 0.29) is 41.0 Å². The molecule has 0 radical (unpaired) electrons. The number of nitrogens with zero attached hydrogens (tertiary/aromatic N) is 2. The van der Waals surface area contributed by atoms with Gasteiger partial charge in [-0.15, -0.1) is 0 Å². The molecule has 4 fully saturated rings. The molecule has 2 heterocycles. The van der Waals surface area contributed by atoms with E-state index in [0.717, 1.165) is 32.1 Å². The van der Waals surface area contributed by atoms with Crippen molar-refractivity contribution in [3.63, 3.8) is 0 Å². The van der Waals surface area contributed by atoms with Crippen molar-refractivity contribution in [3.8, 4) is 0 Å². The van der Waals surface area contributed by atoms with Gasteiger partial charge in [-0.1, -0.05) is 45.4 Å². The predicted molar refractivity (Wildman–Crippen MR) is 137 cm³/mol. The van der Waals surface area contributed by atoms with Crippen LogP contribution in [0.3, 0.4) is 0 Å². The van der Waals surface area contributed by atoms with Gasteiger partial charge >= 0.3 is 0 Å². The molecule has 0 bridgehead atoms. The third kappa shape index (κ3) is 3.90. The maximum Gasteiger partial charge on any atom is 0.245 e. The van der Waals surface area contributed by atoms with E-state index >= 15 is 0 Å². The fourth-order valence-electron chi connectivity index (χ4n) is 7.52. The molecular weight excluding hydrogens is 452 g/mol. The molecule has 196 valence electrons. The van der Waals surface area contributed by atoms with Crippen LogP contribution in [-0.4, -0.2) is 45.0 Å². The van der Waals surface area contributed by atoms with Crippen LogP contribution in [0.1, 0.15) is 92.9 Å². The quantitative estimate of drug-likeness (QED) is 0.397. The molecule has 0 aromatic heterocycles. The van der Waals surface area contributed by atoms with Crippen LogP contribution < -0.4 is 0 Å². The Labute approximate surface area is 215 Å². The number of allylic oxidation sites excluding steroid dienone is 4. The van der Waals surface area contributed by atoms with Crippen molar-refractivity contribution in [2.45, 2.75) is 104 Å². The number of amides is 4. The van der Waals surface area contributed by atoms with Gasteiger partial charge in [0.25, 0.3) is 0 Å². The number of hydrogen-bond acceptors (Lipinski definition) is 4. The summed E-state index contributed by atoms with van der Waals surface area (Å²) in [6.45, 7) is 12.1. The molecule has 5 aliphatic rings. The van der Waals surface area contributed by atoms with Gasteiger partial charge in [0, 0.05) is 11.6 Å². The molecule has 5 rings (SSSR count). The number of likely N-dealkylation sites (tertiary alicyclic amines) is 2. The molecule has 6 nitrogen and oxygen atoms in total. The van der Waals surface area contributed by atoms with E-state index in [9.17, 15) is 19.2 Å². The van der Waals surface area contributed by atoms with Crippen LogP contribution in [0.4, 0.5) is 0 Å². The van der Waals surface area contributed by atoms with Crippen molar-refractivity contribution in [3.05, 3.63) is 23.8 Å².